The van der Waals surface area contributed by atoms with Gasteiger partial charge in [-0.1, -0.05) is 36.4 Å². The van der Waals surface area contributed by atoms with Gasteiger partial charge in [0.05, 0.1) is 0 Å². The van der Waals surface area contributed by atoms with E-state index in [1.54, 1.807) is 0 Å². The highest BCUT2D eigenvalue weighted by molar-refractivity contribution is 5.85. The van der Waals surface area contributed by atoms with Gasteiger partial charge in [0.15, 0.2) is 0 Å². The summed E-state index contributed by atoms with van der Waals surface area (Å²) in [6.45, 7) is 3.38. The molecule has 2 aromatic carbocycles. The smallest absolute Gasteiger partial charge is 0.217 e. The average molecular weight is 376 g/mol. The predicted molar refractivity (Wildman–Crippen MR) is 114 cm³/mol. The number of hydrogen-bond acceptors (Lipinski definition) is 2. The summed E-state index contributed by atoms with van der Waals surface area (Å²) in [5.74, 6) is 0.460. The molecule has 2 N–H and O–H groups in total. The van der Waals surface area contributed by atoms with Crippen LogP contribution in [0.5, 0.6) is 0 Å². The molecule has 146 valence electrons. The van der Waals surface area contributed by atoms with Crippen molar-refractivity contribution in [3.05, 3.63) is 71.4 Å². The molecule has 0 bridgehead atoms. The first-order chi connectivity index (χ1) is 13.6. The highest BCUT2D eigenvalue weighted by atomic mass is 16.1. The van der Waals surface area contributed by atoms with Gasteiger partial charge in [0.25, 0.3) is 0 Å². The molecule has 1 saturated heterocycles. The molecule has 2 heterocycles. The second kappa shape index (κ2) is 8.19. The van der Waals surface area contributed by atoms with Crippen LogP contribution >= 0.6 is 0 Å². The van der Waals surface area contributed by atoms with E-state index in [1.165, 1.54) is 40.6 Å². The molecule has 1 atom stereocenters. The van der Waals surface area contributed by atoms with Crippen molar-refractivity contribution < 1.29 is 4.79 Å². The van der Waals surface area contributed by atoms with E-state index in [9.17, 15) is 4.79 Å². The lowest BCUT2D eigenvalue weighted by Crippen LogP contribution is -2.20. The van der Waals surface area contributed by atoms with Gasteiger partial charge < -0.3 is 10.3 Å². The van der Waals surface area contributed by atoms with E-state index < -0.39 is 0 Å². The molecule has 0 aliphatic carbocycles. The number of primary amides is 1. The van der Waals surface area contributed by atoms with Crippen molar-refractivity contribution in [1.29, 1.82) is 0 Å². The molecule has 4 nitrogen and oxygen atoms in total. The van der Waals surface area contributed by atoms with Crippen LogP contribution in [0, 0.1) is 5.92 Å². The van der Waals surface area contributed by atoms with Crippen LogP contribution in [0.25, 0.3) is 10.9 Å². The van der Waals surface area contributed by atoms with Crippen LogP contribution in [0.2, 0.25) is 0 Å². The van der Waals surface area contributed by atoms with Gasteiger partial charge >= 0.3 is 0 Å². The van der Waals surface area contributed by atoms with Gasteiger partial charge in [-0.25, -0.2) is 0 Å². The predicted octanol–water partition coefficient (Wildman–Crippen LogP) is 3.66. The highest BCUT2D eigenvalue weighted by Gasteiger charge is 2.24. The number of amides is 1. The lowest BCUT2D eigenvalue weighted by atomic mass is 9.97. The van der Waals surface area contributed by atoms with Crippen molar-refractivity contribution >= 4 is 16.8 Å². The Labute approximate surface area is 166 Å². The second-order valence-electron chi connectivity index (χ2n) is 8.16. The Balaban J connectivity index is 1.45. The van der Waals surface area contributed by atoms with Crippen LogP contribution in [-0.4, -0.2) is 28.5 Å². The fourth-order valence-electron chi connectivity index (χ4n) is 4.48. The first kappa shape index (κ1) is 18.8. The van der Waals surface area contributed by atoms with E-state index in [-0.39, 0.29) is 5.91 Å². The van der Waals surface area contributed by atoms with E-state index in [0.717, 1.165) is 19.5 Å². The Bertz CT molecular complexity index is 961. The number of rotatable bonds is 7. The first-order valence-electron chi connectivity index (χ1n) is 10.2. The minimum absolute atomic E-state index is 0.238. The van der Waals surface area contributed by atoms with Crippen molar-refractivity contribution in [2.75, 3.05) is 13.1 Å². The third-order valence-electron chi connectivity index (χ3n) is 5.92. The maximum Gasteiger partial charge on any atom is 0.217 e. The number of aryl methyl sites for hydroxylation is 2. The quantitative estimate of drug-likeness (QED) is 0.685. The molecule has 4 heteroatoms. The number of nitrogens with zero attached hydrogens (tertiary/aromatic N) is 2. The van der Waals surface area contributed by atoms with Crippen molar-refractivity contribution in [1.82, 2.24) is 9.47 Å². The van der Waals surface area contributed by atoms with E-state index in [1.807, 2.05) is 0 Å². The van der Waals surface area contributed by atoms with Crippen molar-refractivity contribution in [3.63, 3.8) is 0 Å². The minimum Gasteiger partial charge on any atom is -0.370 e. The van der Waals surface area contributed by atoms with Crippen molar-refractivity contribution in [3.8, 4) is 0 Å². The monoisotopic (exact) mass is 375 g/mol. The normalized spacial score (nSPS) is 17.4. The Hall–Kier alpha value is -2.59. The Morgan fingerprint density at radius 2 is 1.96 bits per heavy atom. The Morgan fingerprint density at radius 3 is 2.75 bits per heavy atom. The summed E-state index contributed by atoms with van der Waals surface area (Å²) < 4.78 is 2.22. The van der Waals surface area contributed by atoms with Gasteiger partial charge in [-0.15, -0.1) is 0 Å². The first-order valence-corrected chi connectivity index (χ1v) is 10.2. The molecule has 1 aliphatic heterocycles. The van der Waals surface area contributed by atoms with E-state index >= 15 is 0 Å². The maximum atomic E-state index is 11.1. The van der Waals surface area contributed by atoms with Gasteiger partial charge in [-0.05, 0) is 60.5 Å². The number of likely N-dealkylation sites (tertiary alicyclic amines) is 1. The summed E-state index contributed by atoms with van der Waals surface area (Å²) in [5.41, 5.74) is 10.6. The molecule has 3 aromatic rings. The summed E-state index contributed by atoms with van der Waals surface area (Å²) in [4.78, 5) is 13.7. The molecular formula is C24H29N3O. The number of nitrogens with two attached hydrogens (primary N) is 1. The van der Waals surface area contributed by atoms with Gasteiger partial charge in [0.1, 0.15) is 0 Å². The molecule has 1 aromatic heterocycles. The third-order valence-corrected chi connectivity index (χ3v) is 5.92. The fourth-order valence-corrected chi connectivity index (χ4v) is 4.48. The molecule has 0 spiro atoms. The number of benzene rings is 2. The highest BCUT2D eigenvalue weighted by Crippen LogP contribution is 2.28. The molecule has 4 rings (SSSR count). The van der Waals surface area contributed by atoms with Gasteiger partial charge in [-0.3, -0.25) is 9.69 Å². The largest absolute Gasteiger partial charge is 0.370 e. The lowest BCUT2D eigenvalue weighted by Gasteiger charge is -2.16. The zero-order valence-corrected chi connectivity index (χ0v) is 16.6. The average Bonchev–Trinajstić information content (AvgIpc) is 3.25. The van der Waals surface area contributed by atoms with Gasteiger partial charge in [0.2, 0.25) is 5.91 Å². The van der Waals surface area contributed by atoms with E-state index in [0.29, 0.717) is 18.8 Å². The number of fused-ring (bicyclic) bond motifs is 1. The summed E-state index contributed by atoms with van der Waals surface area (Å²) in [6, 6.07) is 17.3. The zero-order valence-electron chi connectivity index (χ0n) is 16.6. The summed E-state index contributed by atoms with van der Waals surface area (Å²) in [6.07, 6.45) is 5.77. The third kappa shape index (κ3) is 4.28. The maximum absolute atomic E-state index is 11.1. The van der Waals surface area contributed by atoms with Crippen LogP contribution < -0.4 is 5.73 Å². The minimum atomic E-state index is -0.238. The van der Waals surface area contributed by atoms with E-state index in [4.69, 9.17) is 5.73 Å². The summed E-state index contributed by atoms with van der Waals surface area (Å²) in [7, 11) is 2.12. The fraction of sp³-hybridized carbons (Fsp3) is 0.375. The molecule has 1 amide bonds. The van der Waals surface area contributed by atoms with Gasteiger partial charge in [-0.2, -0.15) is 0 Å². The summed E-state index contributed by atoms with van der Waals surface area (Å²) in [5, 5.41) is 1.32. The topological polar surface area (TPSA) is 51.3 Å². The van der Waals surface area contributed by atoms with Crippen molar-refractivity contribution in [2.45, 2.75) is 32.2 Å². The van der Waals surface area contributed by atoms with Crippen LogP contribution in [-0.2, 0) is 31.2 Å². The molecule has 0 saturated carbocycles. The van der Waals surface area contributed by atoms with Crippen molar-refractivity contribution in [2.24, 2.45) is 18.7 Å². The van der Waals surface area contributed by atoms with Crippen LogP contribution in [0.1, 0.15) is 29.5 Å². The molecule has 1 unspecified atom stereocenters. The molecule has 0 radical (unpaired) electrons. The van der Waals surface area contributed by atoms with Gasteiger partial charge in [0, 0.05) is 43.7 Å². The Kier molecular flexibility index (Phi) is 5.49. The number of carbonyl (C=O) groups excluding carboxylic acids is 1. The van der Waals surface area contributed by atoms with Crippen LogP contribution in [0.4, 0.5) is 0 Å². The molecular weight excluding hydrogens is 346 g/mol. The van der Waals surface area contributed by atoms with Crippen LogP contribution in [0.3, 0.4) is 0 Å². The van der Waals surface area contributed by atoms with Crippen LogP contribution in [0.15, 0.2) is 54.7 Å². The SMILES string of the molecule is Cn1cc(CC2CCN(Cc3ccccc3)C2)c2cc(CCC(N)=O)ccc21. The lowest BCUT2D eigenvalue weighted by molar-refractivity contribution is -0.117. The Morgan fingerprint density at radius 1 is 1.14 bits per heavy atom. The molecule has 1 aliphatic rings. The summed E-state index contributed by atoms with van der Waals surface area (Å²) >= 11 is 0. The molecule has 1 fully saturated rings. The second-order valence-corrected chi connectivity index (χ2v) is 8.16. The molecule has 28 heavy (non-hydrogen) atoms. The number of hydrogen-bond donors (Lipinski definition) is 1. The number of aromatic nitrogens is 1. The van der Waals surface area contributed by atoms with E-state index in [2.05, 4.69) is 71.2 Å². The zero-order chi connectivity index (χ0) is 19.5. The standard InChI is InChI=1S/C24H29N3O/c1-26-17-21(22-14-18(7-9-23(22)26)8-10-24(25)28)13-20-11-12-27(16-20)15-19-5-3-2-4-6-19/h2-7,9,14,17,20H,8,10-13,15-16H2,1H3,(H2,25,28). The number of carbonyl (C=O) groups is 1.